The highest BCUT2D eigenvalue weighted by Gasteiger charge is 2.29. The molecule has 1 aromatic carbocycles. The van der Waals surface area contributed by atoms with E-state index < -0.39 is 0 Å². The molecule has 1 heterocycles. The van der Waals surface area contributed by atoms with Gasteiger partial charge in [0.25, 0.3) is 0 Å². The average molecular weight is 375 g/mol. The molecule has 0 amide bonds. The van der Waals surface area contributed by atoms with Crippen LogP contribution in [-0.2, 0) is 4.74 Å². The maximum Gasteiger partial charge on any atom is 0.193 e. The van der Waals surface area contributed by atoms with E-state index in [0.717, 1.165) is 25.1 Å². The van der Waals surface area contributed by atoms with Gasteiger partial charge in [-0.3, -0.25) is 4.99 Å². The first-order chi connectivity index (χ1) is 8.57. The second-order valence-corrected chi connectivity index (χ2v) is 5.09. The Kier molecular flexibility index (Phi) is 6.06. The number of hydrogen-bond donors (Lipinski definition) is 2. The third-order valence-electron chi connectivity index (χ3n) is 3.21. The molecule has 106 valence electrons. The topological polar surface area (TPSA) is 59.6 Å². The van der Waals surface area contributed by atoms with E-state index in [4.69, 9.17) is 10.5 Å². The zero-order chi connectivity index (χ0) is 13.0. The molecule has 4 nitrogen and oxygen atoms in total. The van der Waals surface area contributed by atoms with Gasteiger partial charge in [-0.05, 0) is 38.8 Å². The van der Waals surface area contributed by atoms with Crippen LogP contribution in [0.2, 0.25) is 0 Å². The summed E-state index contributed by atoms with van der Waals surface area (Å²) in [5.74, 6) is 0.440. The Morgan fingerprint density at radius 2 is 2.11 bits per heavy atom. The van der Waals surface area contributed by atoms with Crippen molar-refractivity contribution < 1.29 is 4.74 Å². The molecule has 1 atom stereocenters. The summed E-state index contributed by atoms with van der Waals surface area (Å²) in [4.78, 5) is 4.35. The molecule has 1 aliphatic rings. The van der Waals surface area contributed by atoms with E-state index in [1.807, 2.05) is 24.3 Å². The summed E-state index contributed by atoms with van der Waals surface area (Å²) < 4.78 is 5.67. The fraction of sp³-hybridized carbons (Fsp3) is 0.500. The van der Waals surface area contributed by atoms with E-state index in [1.165, 1.54) is 5.56 Å². The fourth-order valence-corrected chi connectivity index (χ4v) is 2.04. The van der Waals surface area contributed by atoms with E-state index in [1.54, 1.807) is 0 Å². The summed E-state index contributed by atoms with van der Waals surface area (Å²) in [6, 6.07) is 8.06. The lowest BCUT2D eigenvalue weighted by Crippen LogP contribution is -2.30. The van der Waals surface area contributed by atoms with Crippen LogP contribution >= 0.6 is 24.0 Å². The maximum atomic E-state index is 5.86. The van der Waals surface area contributed by atoms with E-state index in [9.17, 15) is 0 Å². The first-order valence-electron chi connectivity index (χ1n) is 6.35. The SMILES string of the molecule is Cc1ccc(NC(N)=NCC2(C)CCCO2)cc1.I. The second kappa shape index (κ2) is 7.09. The highest BCUT2D eigenvalue weighted by atomic mass is 127. The number of nitrogens with zero attached hydrogens (tertiary/aromatic N) is 1. The van der Waals surface area contributed by atoms with Crippen LogP contribution in [0.15, 0.2) is 29.3 Å². The first-order valence-corrected chi connectivity index (χ1v) is 6.35. The number of rotatable bonds is 3. The number of hydrogen-bond acceptors (Lipinski definition) is 2. The molecule has 5 heteroatoms. The van der Waals surface area contributed by atoms with Crippen LogP contribution in [0.4, 0.5) is 5.69 Å². The minimum atomic E-state index is -0.139. The van der Waals surface area contributed by atoms with Crippen molar-refractivity contribution in [2.75, 3.05) is 18.5 Å². The van der Waals surface area contributed by atoms with E-state index in [0.29, 0.717) is 12.5 Å². The van der Waals surface area contributed by atoms with Crippen LogP contribution < -0.4 is 11.1 Å². The molecule has 19 heavy (non-hydrogen) atoms. The summed E-state index contributed by atoms with van der Waals surface area (Å²) in [6.45, 7) is 5.58. The van der Waals surface area contributed by atoms with Crippen LogP contribution in [0.25, 0.3) is 0 Å². The Bertz CT molecular complexity index is 425. The Balaban J connectivity index is 0.00000180. The highest BCUT2D eigenvalue weighted by Crippen LogP contribution is 2.25. The van der Waals surface area contributed by atoms with Gasteiger partial charge in [0.05, 0.1) is 12.1 Å². The van der Waals surface area contributed by atoms with Crippen molar-refractivity contribution in [1.29, 1.82) is 0 Å². The van der Waals surface area contributed by atoms with Crippen molar-refractivity contribution in [2.45, 2.75) is 32.3 Å². The Morgan fingerprint density at radius 1 is 1.42 bits per heavy atom. The van der Waals surface area contributed by atoms with Gasteiger partial charge in [0.2, 0.25) is 0 Å². The molecule has 1 unspecified atom stereocenters. The predicted octanol–water partition coefficient (Wildman–Crippen LogP) is 2.91. The van der Waals surface area contributed by atoms with Gasteiger partial charge in [0.15, 0.2) is 5.96 Å². The van der Waals surface area contributed by atoms with Gasteiger partial charge in [-0.15, -0.1) is 24.0 Å². The average Bonchev–Trinajstić information content (AvgIpc) is 2.78. The molecular formula is C14H22IN3O. The third-order valence-corrected chi connectivity index (χ3v) is 3.21. The first kappa shape index (κ1) is 16.2. The zero-order valence-electron chi connectivity index (χ0n) is 11.5. The van der Waals surface area contributed by atoms with Crippen LogP contribution in [0.5, 0.6) is 0 Å². The molecule has 0 bridgehead atoms. The van der Waals surface area contributed by atoms with Gasteiger partial charge in [0.1, 0.15) is 0 Å². The summed E-state index contributed by atoms with van der Waals surface area (Å²) in [7, 11) is 0. The molecule has 1 fully saturated rings. The van der Waals surface area contributed by atoms with Gasteiger partial charge >= 0.3 is 0 Å². The molecule has 2 rings (SSSR count). The van der Waals surface area contributed by atoms with Gasteiger partial charge in [-0.1, -0.05) is 17.7 Å². The molecule has 3 N–H and O–H groups in total. The van der Waals surface area contributed by atoms with Crippen LogP contribution in [0.3, 0.4) is 0 Å². The molecule has 0 saturated carbocycles. The maximum absolute atomic E-state index is 5.86. The number of guanidine groups is 1. The number of aryl methyl sites for hydroxylation is 1. The van der Waals surface area contributed by atoms with Gasteiger partial charge in [0, 0.05) is 12.3 Å². The van der Waals surface area contributed by atoms with Crippen LogP contribution in [0, 0.1) is 6.92 Å². The number of nitrogens with two attached hydrogens (primary N) is 1. The number of anilines is 1. The lowest BCUT2D eigenvalue weighted by molar-refractivity contribution is 0.0284. The van der Waals surface area contributed by atoms with Crippen molar-refractivity contribution >= 4 is 35.6 Å². The minimum Gasteiger partial charge on any atom is -0.373 e. The number of benzene rings is 1. The molecule has 1 aliphatic heterocycles. The number of halogens is 1. The molecule has 0 spiro atoms. The standard InChI is InChI=1S/C14H21N3O.HI/c1-11-4-6-12(7-5-11)17-13(15)16-10-14(2)8-3-9-18-14;/h4-7H,3,8-10H2,1-2H3,(H3,15,16,17);1H. The quantitative estimate of drug-likeness (QED) is 0.485. The summed E-state index contributed by atoms with van der Waals surface area (Å²) >= 11 is 0. The van der Waals surface area contributed by atoms with Crippen LogP contribution in [-0.4, -0.2) is 24.7 Å². The number of nitrogens with one attached hydrogen (secondary N) is 1. The van der Waals surface area contributed by atoms with Gasteiger partial charge in [-0.2, -0.15) is 0 Å². The van der Waals surface area contributed by atoms with Gasteiger partial charge < -0.3 is 15.8 Å². The second-order valence-electron chi connectivity index (χ2n) is 5.09. The van der Waals surface area contributed by atoms with Crippen molar-refractivity contribution in [3.8, 4) is 0 Å². The summed E-state index contributed by atoms with van der Waals surface area (Å²) in [5, 5.41) is 3.08. The Labute approximate surface area is 131 Å². The Morgan fingerprint density at radius 3 is 2.68 bits per heavy atom. The monoisotopic (exact) mass is 375 g/mol. The van der Waals surface area contributed by atoms with Crippen molar-refractivity contribution in [2.24, 2.45) is 10.7 Å². The molecule has 1 aromatic rings. The largest absolute Gasteiger partial charge is 0.373 e. The zero-order valence-corrected chi connectivity index (χ0v) is 13.8. The summed E-state index contributed by atoms with van der Waals surface area (Å²) in [6.07, 6.45) is 2.16. The molecule has 0 radical (unpaired) electrons. The fourth-order valence-electron chi connectivity index (χ4n) is 2.04. The lowest BCUT2D eigenvalue weighted by Gasteiger charge is -2.20. The number of ether oxygens (including phenoxy) is 1. The molecule has 0 aromatic heterocycles. The van der Waals surface area contributed by atoms with Crippen molar-refractivity contribution in [3.05, 3.63) is 29.8 Å². The van der Waals surface area contributed by atoms with Crippen molar-refractivity contribution in [1.82, 2.24) is 0 Å². The summed E-state index contributed by atoms with van der Waals surface area (Å²) in [5.41, 5.74) is 7.91. The van der Waals surface area contributed by atoms with E-state index in [2.05, 4.69) is 24.2 Å². The third kappa shape index (κ3) is 4.99. The van der Waals surface area contributed by atoms with Crippen molar-refractivity contribution in [3.63, 3.8) is 0 Å². The molecule has 1 saturated heterocycles. The minimum absolute atomic E-state index is 0. The smallest absolute Gasteiger partial charge is 0.193 e. The normalized spacial score (nSPS) is 22.9. The van der Waals surface area contributed by atoms with E-state index >= 15 is 0 Å². The lowest BCUT2D eigenvalue weighted by atomic mass is 10.0. The van der Waals surface area contributed by atoms with E-state index in [-0.39, 0.29) is 29.6 Å². The Hall–Kier alpha value is -0.820. The highest BCUT2D eigenvalue weighted by molar-refractivity contribution is 14.0. The predicted molar refractivity (Wildman–Crippen MR) is 90.3 cm³/mol. The van der Waals surface area contributed by atoms with Crippen LogP contribution in [0.1, 0.15) is 25.3 Å². The molecule has 0 aliphatic carbocycles. The van der Waals surface area contributed by atoms with Gasteiger partial charge in [-0.25, -0.2) is 0 Å². The molecular weight excluding hydrogens is 353 g/mol. The number of aliphatic imine (C=N–C) groups is 1.